The summed E-state index contributed by atoms with van der Waals surface area (Å²) in [6.45, 7) is 3.51. The van der Waals surface area contributed by atoms with E-state index in [9.17, 15) is 8.42 Å². The van der Waals surface area contributed by atoms with Crippen LogP contribution in [0, 0.1) is 11.3 Å². The Morgan fingerprint density at radius 1 is 1.50 bits per heavy atom. The van der Waals surface area contributed by atoms with E-state index < -0.39 is 15.3 Å². The zero-order valence-corrected chi connectivity index (χ0v) is 10.6. The third kappa shape index (κ3) is 3.44. The molecule has 1 heterocycles. The van der Waals surface area contributed by atoms with Gasteiger partial charge in [0.1, 0.15) is 0 Å². The first-order valence-electron chi connectivity index (χ1n) is 5.59. The van der Waals surface area contributed by atoms with Gasteiger partial charge in [-0.15, -0.1) is 0 Å². The maximum absolute atomic E-state index is 11.8. The van der Waals surface area contributed by atoms with Crippen molar-refractivity contribution >= 4 is 10.0 Å². The van der Waals surface area contributed by atoms with Gasteiger partial charge < -0.3 is 4.90 Å². The monoisotopic (exact) mass is 245 g/mol. The summed E-state index contributed by atoms with van der Waals surface area (Å²) in [4.78, 5) is 2.17. The largest absolute Gasteiger partial charge is 0.306 e. The van der Waals surface area contributed by atoms with E-state index in [2.05, 4.69) is 9.62 Å². The van der Waals surface area contributed by atoms with Gasteiger partial charge in [-0.25, -0.2) is 13.1 Å². The summed E-state index contributed by atoms with van der Waals surface area (Å²) in [5, 5.41) is 7.83. The van der Waals surface area contributed by atoms with Crippen LogP contribution in [0.4, 0.5) is 0 Å². The van der Waals surface area contributed by atoms with Crippen LogP contribution in [0.5, 0.6) is 0 Å². The van der Waals surface area contributed by atoms with Gasteiger partial charge >= 0.3 is 0 Å². The van der Waals surface area contributed by atoms with Gasteiger partial charge in [0, 0.05) is 6.04 Å². The number of hydrogen-bond donors (Lipinski definition) is 1. The third-order valence-corrected chi connectivity index (χ3v) is 4.79. The maximum atomic E-state index is 11.8. The fourth-order valence-electron chi connectivity index (χ4n) is 1.82. The van der Waals surface area contributed by atoms with Crippen LogP contribution in [-0.2, 0) is 10.0 Å². The molecule has 1 fully saturated rings. The Hall–Kier alpha value is -0.640. The van der Waals surface area contributed by atoms with Crippen LogP contribution in [0.15, 0.2) is 0 Å². The first-order valence-corrected chi connectivity index (χ1v) is 7.13. The molecule has 0 aromatic heterocycles. The summed E-state index contributed by atoms with van der Waals surface area (Å²) >= 11 is 0. The smallest absolute Gasteiger partial charge is 0.228 e. The zero-order chi connectivity index (χ0) is 12.2. The number of nitrogens with zero attached hydrogens (tertiary/aromatic N) is 2. The Balaban J connectivity index is 2.57. The van der Waals surface area contributed by atoms with Gasteiger partial charge in [0.15, 0.2) is 5.25 Å². The average molecular weight is 245 g/mol. The summed E-state index contributed by atoms with van der Waals surface area (Å²) in [5.41, 5.74) is 0. The van der Waals surface area contributed by atoms with Crippen LogP contribution < -0.4 is 4.72 Å². The summed E-state index contributed by atoms with van der Waals surface area (Å²) in [7, 11) is -1.45. The molecule has 0 radical (unpaired) electrons. The molecule has 0 aliphatic carbocycles. The lowest BCUT2D eigenvalue weighted by molar-refractivity contribution is 0.248. The number of nitriles is 1. The molecule has 1 aliphatic heterocycles. The standard InChI is InChI=1S/C10H19N3O2S/c1-3-10(8-11)16(14,15)12-9-4-6-13(2)7-5-9/h9-10,12H,3-7H2,1-2H3. The Bertz CT molecular complexity index is 353. The van der Waals surface area contributed by atoms with Crippen LogP contribution in [0.25, 0.3) is 0 Å². The molecule has 0 aromatic rings. The second-order valence-electron chi connectivity index (χ2n) is 4.27. The number of piperidine rings is 1. The van der Waals surface area contributed by atoms with Crippen molar-refractivity contribution in [1.29, 1.82) is 5.26 Å². The Labute approximate surface area is 97.5 Å². The van der Waals surface area contributed by atoms with Crippen molar-refractivity contribution in [2.45, 2.75) is 37.5 Å². The molecule has 0 bridgehead atoms. The molecule has 1 N–H and O–H groups in total. The lowest BCUT2D eigenvalue weighted by atomic mass is 10.1. The van der Waals surface area contributed by atoms with E-state index in [1.165, 1.54) is 0 Å². The fraction of sp³-hybridized carbons (Fsp3) is 0.900. The Morgan fingerprint density at radius 3 is 2.50 bits per heavy atom. The molecule has 1 atom stereocenters. The highest BCUT2D eigenvalue weighted by Gasteiger charge is 2.27. The molecule has 1 saturated heterocycles. The molecule has 92 valence electrons. The Kier molecular flexibility index (Phi) is 4.71. The fourth-order valence-corrected chi connectivity index (χ4v) is 3.26. The van der Waals surface area contributed by atoms with E-state index in [4.69, 9.17) is 5.26 Å². The quantitative estimate of drug-likeness (QED) is 0.773. The number of rotatable bonds is 4. The van der Waals surface area contributed by atoms with Gasteiger partial charge in [0.25, 0.3) is 0 Å². The molecule has 0 spiro atoms. The van der Waals surface area contributed by atoms with Crippen molar-refractivity contribution in [3.63, 3.8) is 0 Å². The van der Waals surface area contributed by atoms with E-state index in [0.717, 1.165) is 25.9 Å². The number of likely N-dealkylation sites (tertiary alicyclic amines) is 1. The van der Waals surface area contributed by atoms with Crippen molar-refractivity contribution in [3.05, 3.63) is 0 Å². The van der Waals surface area contributed by atoms with E-state index >= 15 is 0 Å². The summed E-state index contributed by atoms with van der Waals surface area (Å²) in [5.74, 6) is 0. The first-order chi connectivity index (χ1) is 7.49. The molecule has 6 heteroatoms. The molecule has 1 aliphatic rings. The van der Waals surface area contributed by atoms with Crippen LogP contribution >= 0.6 is 0 Å². The molecule has 0 saturated carbocycles. The van der Waals surface area contributed by atoms with Gasteiger partial charge in [-0.05, 0) is 39.4 Å². The van der Waals surface area contributed by atoms with Gasteiger partial charge in [-0.1, -0.05) is 6.92 Å². The number of sulfonamides is 1. The predicted octanol–water partition coefficient (Wildman–Crippen LogP) is 0.302. The van der Waals surface area contributed by atoms with Crippen LogP contribution in [0.2, 0.25) is 0 Å². The van der Waals surface area contributed by atoms with Gasteiger partial charge in [0.05, 0.1) is 6.07 Å². The number of hydrogen-bond acceptors (Lipinski definition) is 4. The van der Waals surface area contributed by atoms with Crippen molar-refractivity contribution in [1.82, 2.24) is 9.62 Å². The van der Waals surface area contributed by atoms with Crippen LogP contribution in [0.1, 0.15) is 26.2 Å². The average Bonchev–Trinajstić information content (AvgIpc) is 2.22. The summed E-state index contributed by atoms with van der Waals surface area (Å²) in [6.07, 6.45) is 1.97. The third-order valence-electron chi connectivity index (χ3n) is 2.94. The molecule has 1 unspecified atom stereocenters. The first kappa shape index (κ1) is 13.4. The van der Waals surface area contributed by atoms with E-state index in [0.29, 0.717) is 6.42 Å². The van der Waals surface area contributed by atoms with Crippen LogP contribution in [-0.4, -0.2) is 44.7 Å². The van der Waals surface area contributed by atoms with Crippen molar-refractivity contribution in [2.24, 2.45) is 0 Å². The molecule has 1 rings (SSSR count). The molecular weight excluding hydrogens is 226 g/mol. The van der Waals surface area contributed by atoms with Gasteiger partial charge in [0.2, 0.25) is 10.0 Å². The van der Waals surface area contributed by atoms with Gasteiger partial charge in [-0.3, -0.25) is 0 Å². The second-order valence-corrected chi connectivity index (χ2v) is 6.16. The topological polar surface area (TPSA) is 73.2 Å². The van der Waals surface area contributed by atoms with Gasteiger partial charge in [-0.2, -0.15) is 5.26 Å². The van der Waals surface area contributed by atoms with Crippen molar-refractivity contribution in [3.8, 4) is 6.07 Å². The minimum Gasteiger partial charge on any atom is -0.306 e. The highest BCUT2D eigenvalue weighted by Crippen LogP contribution is 2.12. The van der Waals surface area contributed by atoms with Crippen molar-refractivity contribution < 1.29 is 8.42 Å². The number of nitrogens with one attached hydrogen (secondary N) is 1. The minimum atomic E-state index is -3.47. The van der Waals surface area contributed by atoms with Crippen molar-refractivity contribution in [2.75, 3.05) is 20.1 Å². The van der Waals surface area contributed by atoms with Crippen LogP contribution in [0.3, 0.4) is 0 Å². The molecular formula is C10H19N3O2S. The summed E-state index contributed by atoms with van der Waals surface area (Å²) in [6, 6.07) is 1.82. The minimum absolute atomic E-state index is 0.0106. The highest BCUT2D eigenvalue weighted by molar-refractivity contribution is 7.90. The van der Waals surface area contributed by atoms with E-state index in [1.54, 1.807) is 6.92 Å². The predicted molar refractivity (Wildman–Crippen MR) is 62.3 cm³/mol. The lowest BCUT2D eigenvalue weighted by Crippen LogP contribution is -2.46. The normalized spacial score (nSPS) is 21.6. The SMILES string of the molecule is CCC(C#N)S(=O)(=O)NC1CCN(C)CC1. The molecule has 5 nitrogen and oxygen atoms in total. The lowest BCUT2D eigenvalue weighted by Gasteiger charge is -2.29. The van der Waals surface area contributed by atoms with E-state index in [-0.39, 0.29) is 6.04 Å². The maximum Gasteiger partial charge on any atom is 0.228 e. The molecule has 16 heavy (non-hydrogen) atoms. The zero-order valence-electron chi connectivity index (χ0n) is 9.81. The Morgan fingerprint density at radius 2 is 2.06 bits per heavy atom. The molecule has 0 amide bonds. The summed E-state index contributed by atoms with van der Waals surface area (Å²) < 4.78 is 26.2. The van der Waals surface area contributed by atoms with E-state index in [1.807, 2.05) is 13.1 Å². The second kappa shape index (κ2) is 5.62. The molecule has 0 aromatic carbocycles. The highest BCUT2D eigenvalue weighted by atomic mass is 32.2.